The van der Waals surface area contributed by atoms with E-state index in [1.807, 2.05) is 0 Å². The average molecular weight is 616 g/mol. The molecule has 42 heavy (non-hydrogen) atoms. The molecule has 5 N–H and O–H groups in total. The summed E-state index contributed by atoms with van der Waals surface area (Å²) in [5, 5.41) is 26.0. The summed E-state index contributed by atoms with van der Waals surface area (Å²) in [6.07, 6.45) is 0. The number of anilines is 1. The highest BCUT2D eigenvalue weighted by atomic mass is 32.2. The first-order chi connectivity index (χ1) is 19.7. The number of azo groups is 2. The van der Waals surface area contributed by atoms with Crippen LogP contribution in [0.15, 0.2) is 84.8 Å². The number of nitrogen functional groups attached to an aromatic ring is 1. The molecule has 0 saturated heterocycles. The fourth-order valence-electron chi connectivity index (χ4n) is 3.81. The molecule has 0 aliphatic carbocycles. The number of nitrogens with zero attached hydrogens (tertiary/aromatic N) is 4. The lowest BCUT2D eigenvalue weighted by atomic mass is 10.1. The molecule has 0 spiro atoms. The second-order valence-electron chi connectivity index (χ2n) is 8.54. The molecule has 0 unspecified atom stereocenters. The van der Waals surface area contributed by atoms with E-state index in [0.29, 0.717) is 35.2 Å². The summed E-state index contributed by atoms with van der Waals surface area (Å²) in [5.74, 6) is -0.262. The summed E-state index contributed by atoms with van der Waals surface area (Å²) in [4.78, 5) is 8.77. The first kappa shape index (κ1) is 30.0. The Balaban J connectivity index is 1.77. The van der Waals surface area contributed by atoms with Crippen LogP contribution < -0.4 is 15.2 Å². The van der Waals surface area contributed by atoms with Gasteiger partial charge in [0.2, 0.25) is 0 Å². The van der Waals surface area contributed by atoms with Crippen LogP contribution in [-0.4, -0.2) is 44.6 Å². The lowest BCUT2D eigenvalue weighted by Gasteiger charge is -2.12. The number of ether oxygens (including phenoxy) is 2. The number of hydrogen-bond donors (Lipinski definition) is 4. The minimum atomic E-state index is -5.01. The number of carbonyl (C=O) groups excluding carboxylic acids is 1. The molecule has 0 amide bonds. The standard InChI is InChI=1S/C25H21N5O10S2/c1-13-7-19(22(39-2)10-18(13)28-27-14-3-5-15(6-4-14)40-12-31)29-30-20-11-23(42(36,37)38)17-8-16(41(33,34)35)9-21(32)24(17)25(20)26/h3-12,32H,26H2,1-2H3,(H,33,34,35)(H,36,37,38). The van der Waals surface area contributed by atoms with Crippen LogP contribution in [0.3, 0.4) is 0 Å². The smallest absolute Gasteiger partial charge is 0.298 e. The van der Waals surface area contributed by atoms with Gasteiger partial charge >= 0.3 is 0 Å². The van der Waals surface area contributed by atoms with E-state index in [0.717, 1.165) is 12.1 Å². The molecule has 0 bridgehead atoms. The minimum absolute atomic E-state index is 0.170. The third-order valence-electron chi connectivity index (χ3n) is 5.80. The van der Waals surface area contributed by atoms with E-state index >= 15 is 0 Å². The summed E-state index contributed by atoms with van der Waals surface area (Å²) >= 11 is 0. The Morgan fingerprint density at radius 3 is 2.07 bits per heavy atom. The van der Waals surface area contributed by atoms with Crippen LogP contribution >= 0.6 is 0 Å². The summed E-state index contributed by atoms with van der Waals surface area (Å²) in [6, 6.07) is 11.6. The van der Waals surface area contributed by atoms with E-state index < -0.39 is 41.2 Å². The maximum atomic E-state index is 12.1. The Bertz CT molecular complexity index is 1990. The lowest BCUT2D eigenvalue weighted by molar-refractivity contribution is -0.120. The molecule has 0 atom stereocenters. The van der Waals surface area contributed by atoms with Gasteiger partial charge < -0.3 is 20.3 Å². The van der Waals surface area contributed by atoms with Gasteiger partial charge in [-0.15, -0.1) is 10.2 Å². The molecule has 0 aliphatic rings. The van der Waals surface area contributed by atoms with Crippen molar-refractivity contribution >= 4 is 65.9 Å². The van der Waals surface area contributed by atoms with Crippen LogP contribution in [-0.2, 0) is 25.0 Å². The van der Waals surface area contributed by atoms with Gasteiger partial charge in [0.25, 0.3) is 26.7 Å². The van der Waals surface area contributed by atoms with Crippen molar-refractivity contribution < 1.29 is 45.3 Å². The number of rotatable bonds is 9. The van der Waals surface area contributed by atoms with E-state index in [4.69, 9.17) is 15.2 Å². The van der Waals surface area contributed by atoms with Gasteiger partial charge in [0.05, 0.1) is 34.5 Å². The van der Waals surface area contributed by atoms with Crippen LogP contribution in [0, 0.1) is 6.92 Å². The number of nitrogens with two attached hydrogens (primary N) is 1. The summed E-state index contributed by atoms with van der Waals surface area (Å²) in [7, 11) is -8.49. The van der Waals surface area contributed by atoms with Gasteiger partial charge in [0.1, 0.15) is 33.5 Å². The fraction of sp³-hybridized carbons (Fsp3) is 0.0800. The summed E-state index contributed by atoms with van der Waals surface area (Å²) < 4.78 is 76.7. The first-order valence-corrected chi connectivity index (χ1v) is 14.4. The van der Waals surface area contributed by atoms with Gasteiger partial charge in [0, 0.05) is 17.5 Å². The SMILES string of the molecule is COc1cc(N=Nc2ccc(OC=O)cc2)c(C)cc1N=Nc1cc(S(=O)(=O)O)c2cc(S(=O)(=O)O)cc(O)c2c1N. The molecule has 218 valence electrons. The van der Waals surface area contributed by atoms with Crippen molar-refractivity contribution in [2.24, 2.45) is 20.5 Å². The number of aryl methyl sites for hydroxylation is 1. The van der Waals surface area contributed by atoms with Gasteiger partial charge in [-0.1, -0.05) is 0 Å². The number of methoxy groups -OCH3 is 1. The van der Waals surface area contributed by atoms with Crippen molar-refractivity contribution in [2.75, 3.05) is 12.8 Å². The monoisotopic (exact) mass is 615 g/mol. The minimum Gasteiger partial charge on any atom is -0.507 e. The van der Waals surface area contributed by atoms with Gasteiger partial charge in [-0.05, 0) is 55.0 Å². The van der Waals surface area contributed by atoms with E-state index in [1.54, 1.807) is 37.3 Å². The Labute approximate surface area is 238 Å². The molecule has 0 heterocycles. The first-order valence-electron chi connectivity index (χ1n) is 11.5. The Hall–Kier alpha value is -4.97. The largest absolute Gasteiger partial charge is 0.507 e. The number of phenolic OH excluding ortho intramolecular Hbond substituents is 1. The molecule has 0 aliphatic heterocycles. The van der Waals surface area contributed by atoms with Crippen molar-refractivity contribution in [3.8, 4) is 17.2 Å². The van der Waals surface area contributed by atoms with Crippen LogP contribution in [0.2, 0.25) is 0 Å². The molecular formula is C25H21N5O10S2. The van der Waals surface area contributed by atoms with Gasteiger partial charge in [-0.3, -0.25) is 13.9 Å². The molecule has 0 saturated carbocycles. The molecule has 0 radical (unpaired) electrons. The highest BCUT2D eigenvalue weighted by molar-refractivity contribution is 7.86. The van der Waals surface area contributed by atoms with E-state index in [1.165, 1.54) is 13.2 Å². The van der Waals surface area contributed by atoms with Crippen LogP contribution in [0.1, 0.15) is 5.56 Å². The summed E-state index contributed by atoms with van der Waals surface area (Å²) in [5.41, 5.74) is 7.17. The van der Waals surface area contributed by atoms with Crippen molar-refractivity contribution in [3.63, 3.8) is 0 Å². The van der Waals surface area contributed by atoms with Crippen molar-refractivity contribution in [1.82, 2.24) is 0 Å². The number of carbonyl (C=O) groups is 1. The number of phenols is 1. The second kappa shape index (κ2) is 11.5. The zero-order chi connectivity index (χ0) is 30.8. The molecular weight excluding hydrogens is 594 g/mol. The van der Waals surface area contributed by atoms with Gasteiger partial charge in [0.15, 0.2) is 0 Å². The number of hydrogen-bond acceptors (Lipinski definition) is 13. The predicted octanol–water partition coefficient (Wildman–Crippen LogP) is 5.30. The van der Waals surface area contributed by atoms with Crippen molar-refractivity contribution in [2.45, 2.75) is 16.7 Å². The second-order valence-corrected chi connectivity index (χ2v) is 11.4. The number of aromatic hydroxyl groups is 1. The van der Waals surface area contributed by atoms with Crippen molar-refractivity contribution in [1.29, 1.82) is 0 Å². The predicted molar refractivity (Wildman–Crippen MR) is 149 cm³/mol. The lowest BCUT2D eigenvalue weighted by Crippen LogP contribution is -2.04. The van der Waals surface area contributed by atoms with Crippen LogP contribution in [0.25, 0.3) is 10.8 Å². The normalized spacial score (nSPS) is 12.3. The highest BCUT2D eigenvalue weighted by Crippen LogP contribution is 2.43. The number of benzene rings is 4. The summed E-state index contributed by atoms with van der Waals surface area (Å²) in [6.45, 7) is 2.01. The zero-order valence-corrected chi connectivity index (χ0v) is 23.3. The van der Waals surface area contributed by atoms with Crippen molar-refractivity contribution in [3.05, 3.63) is 60.2 Å². The molecule has 15 nitrogen and oxygen atoms in total. The highest BCUT2D eigenvalue weighted by Gasteiger charge is 2.24. The molecule has 0 fully saturated rings. The average Bonchev–Trinajstić information content (AvgIpc) is 2.91. The van der Waals surface area contributed by atoms with E-state index in [9.17, 15) is 35.8 Å². The third kappa shape index (κ3) is 6.33. The van der Waals surface area contributed by atoms with E-state index in [2.05, 4.69) is 20.5 Å². The number of fused-ring (bicyclic) bond motifs is 1. The molecule has 0 aromatic heterocycles. The quantitative estimate of drug-likeness (QED) is 0.0814. The Morgan fingerprint density at radius 2 is 1.48 bits per heavy atom. The van der Waals surface area contributed by atoms with Gasteiger partial charge in [-0.2, -0.15) is 27.1 Å². The molecule has 4 rings (SSSR count). The molecule has 17 heteroatoms. The zero-order valence-electron chi connectivity index (χ0n) is 21.7. The van der Waals surface area contributed by atoms with Gasteiger partial charge in [-0.25, -0.2) is 0 Å². The van der Waals surface area contributed by atoms with Crippen LogP contribution in [0.4, 0.5) is 28.4 Å². The fourth-order valence-corrected chi connectivity index (χ4v) is 5.04. The third-order valence-corrected chi connectivity index (χ3v) is 7.53. The Morgan fingerprint density at radius 1 is 0.833 bits per heavy atom. The topological polar surface area (TPSA) is 240 Å². The van der Waals surface area contributed by atoms with E-state index in [-0.39, 0.29) is 28.2 Å². The maximum absolute atomic E-state index is 12.1. The molecule has 4 aromatic rings. The van der Waals surface area contributed by atoms with Crippen LogP contribution in [0.5, 0.6) is 17.2 Å². The Kier molecular flexibility index (Phi) is 8.21. The molecule has 4 aromatic carbocycles. The maximum Gasteiger partial charge on any atom is 0.298 e.